The van der Waals surface area contributed by atoms with Crippen molar-refractivity contribution < 1.29 is 19.1 Å². The van der Waals surface area contributed by atoms with E-state index >= 15 is 0 Å². The lowest BCUT2D eigenvalue weighted by Crippen LogP contribution is -2.48. The highest BCUT2D eigenvalue weighted by Gasteiger charge is 2.25. The van der Waals surface area contributed by atoms with Crippen molar-refractivity contribution in [3.8, 4) is 5.75 Å². The van der Waals surface area contributed by atoms with Crippen molar-refractivity contribution in [1.82, 2.24) is 10.2 Å². The Kier molecular flexibility index (Phi) is 9.87. The summed E-state index contributed by atoms with van der Waals surface area (Å²) in [6.45, 7) is 3.24. The molecule has 0 saturated carbocycles. The summed E-state index contributed by atoms with van der Waals surface area (Å²) in [4.78, 5) is 27.4. The van der Waals surface area contributed by atoms with Crippen LogP contribution in [0.4, 0.5) is 0 Å². The second kappa shape index (κ2) is 12.6. The minimum absolute atomic E-state index is 0.0470. The normalized spacial score (nSPS) is 11.6. The van der Waals surface area contributed by atoms with Crippen LogP contribution in [-0.4, -0.2) is 50.1 Å². The van der Waals surface area contributed by atoms with Crippen LogP contribution in [0.25, 0.3) is 0 Å². The van der Waals surface area contributed by atoms with Gasteiger partial charge >= 0.3 is 0 Å². The highest BCUT2D eigenvalue weighted by atomic mass is 16.5. The van der Waals surface area contributed by atoms with E-state index in [-0.39, 0.29) is 11.8 Å². The molecular weight excluding hydrogens is 380 g/mol. The molecule has 0 aliphatic heterocycles. The molecule has 0 unspecified atom stereocenters. The quantitative estimate of drug-likeness (QED) is 0.544. The highest BCUT2D eigenvalue weighted by molar-refractivity contribution is 5.87. The summed E-state index contributed by atoms with van der Waals surface area (Å²) in [5.41, 5.74) is 2.05. The SMILES string of the molecule is COCCCNC(=O)[C@H](C)N(Cc1ccc(OC)cc1)C(=O)CCc1ccccc1. The Morgan fingerprint density at radius 3 is 2.33 bits per heavy atom. The van der Waals surface area contributed by atoms with Crippen molar-refractivity contribution in [3.05, 3.63) is 65.7 Å². The summed E-state index contributed by atoms with van der Waals surface area (Å²) < 4.78 is 10.2. The standard InChI is InChI=1S/C24H32N2O4/c1-19(24(28)25-16-7-17-29-2)26(18-21-10-13-22(30-3)14-11-21)23(27)15-12-20-8-5-4-6-9-20/h4-6,8-11,13-14,19H,7,12,15-18H2,1-3H3,(H,25,28)/t19-/m0/s1. The van der Waals surface area contributed by atoms with E-state index in [2.05, 4.69) is 5.32 Å². The molecule has 2 amide bonds. The molecule has 6 nitrogen and oxygen atoms in total. The molecule has 0 bridgehead atoms. The van der Waals surface area contributed by atoms with Gasteiger partial charge < -0.3 is 19.7 Å². The fraction of sp³-hybridized carbons (Fsp3) is 0.417. The summed E-state index contributed by atoms with van der Waals surface area (Å²) in [5, 5.41) is 2.90. The van der Waals surface area contributed by atoms with E-state index in [1.165, 1.54) is 0 Å². The summed E-state index contributed by atoms with van der Waals surface area (Å²) in [5.74, 6) is 0.548. The van der Waals surface area contributed by atoms with Gasteiger partial charge in [0.05, 0.1) is 7.11 Å². The smallest absolute Gasteiger partial charge is 0.242 e. The number of benzene rings is 2. The van der Waals surface area contributed by atoms with E-state index in [1.54, 1.807) is 26.0 Å². The number of rotatable bonds is 12. The van der Waals surface area contributed by atoms with Crippen LogP contribution >= 0.6 is 0 Å². The molecule has 2 aromatic rings. The number of hydrogen-bond donors (Lipinski definition) is 1. The van der Waals surface area contributed by atoms with Gasteiger partial charge in [-0.3, -0.25) is 9.59 Å². The third-order valence-corrected chi connectivity index (χ3v) is 4.97. The molecule has 0 aliphatic carbocycles. The van der Waals surface area contributed by atoms with Gasteiger partial charge in [-0.25, -0.2) is 0 Å². The van der Waals surface area contributed by atoms with Crippen LogP contribution < -0.4 is 10.1 Å². The molecule has 30 heavy (non-hydrogen) atoms. The number of carbonyl (C=O) groups is 2. The third kappa shape index (κ3) is 7.52. The Bertz CT molecular complexity index is 778. The van der Waals surface area contributed by atoms with Crippen LogP contribution in [0.3, 0.4) is 0 Å². The first-order valence-corrected chi connectivity index (χ1v) is 10.3. The molecule has 0 heterocycles. The van der Waals surface area contributed by atoms with E-state index in [0.29, 0.717) is 32.5 Å². The molecule has 0 aliphatic rings. The van der Waals surface area contributed by atoms with Crippen LogP contribution in [-0.2, 0) is 27.3 Å². The van der Waals surface area contributed by atoms with Crippen molar-refractivity contribution in [3.63, 3.8) is 0 Å². The zero-order valence-corrected chi connectivity index (χ0v) is 18.1. The highest BCUT2D eigenvalue weighted by Crippen LogP contribution is 2.16. The average Bonchev–Trinajstić information content (AvgIpc) is 2.79. The molecule has 0 spiro atoms. The largest absolute Gasteiger partial charge is 0.497 e. The molecule has 1 atom stereocenters. The van der Waals surface area contributed by atoms with Crippen molar-refractivity contribution in [2.24, 2.45) is 0 Å². The fourth-order valence-corrected chi connectivity index (χ4v) is 3.13. The molecule has 6 heteroatoms. The Hall–Kier alpha value is -2.86. The molecule has 0 aromatic heterocycles. The van der Waals surface area contributed by atoms with Gasteiger partial charge in [0.15, 0.2) is 0 Å². The minimum Gasteiger partial charge on any atom is -0.497 e. The molecule has 2 rings (SSSR count). The second-order valence-electron chi connectivity index (χ2n) is 7.17. The van der Waals surface area contributed by atoms with Gasteiger partial charge in [-0.15, -0.1) is 0 Å². The third-order valence-electron chi connectivity index (χ3n) is 4.97. The maximum Gasteiger partial charge on any atom is 0.242 e. The van der Waals surface area contributed by atoms with Crippen LogP contribution in [0.5, 0.6) is 5.75 Å². The van der Waals surface area contributed by atoms with Crippen LogP contribution in [0.2, 0.25) is 0 Å². The van der Waals surface area contributed by atoms with E-state index in [0.717, 1.165) is 23.3 Å². The monoisotopic (exact) mass is 412 g/mol. The number of amides is 2. The Balaban J connectivity index is 2.07. The molecular formula is C24H32N2O4. The predicted octanol–water partition coefficient (Wildman–Crippen LogP) is 3.20. The number of aryl methyl sites for hydroxylation is 1. The molecule has 0 fully saturated rings. The first-order valence-electron chi connectivity index (χ1n) is 10.3. The molecule has 0 radical (unpaired) electrons. The van der Waals surface area contributed by atoms with E-state index < -0.39 is 6.04 Å². The first-order chi connectivity index (χ1) is 14.5. The van der Waals surface area contributed by atoms with Gasteiger partial charge in [0.25, 0.3) is 0 Å². The fourth-order valence-electron chi connectivity index (χ4n) is 3.13. The molecule has 1 N–H and O–H groups in total. The number of carbonyl (C=O) groups excluding carboxylic acids is 2. The molecule has 162 valence electrons. The lowest BCUT2D eigenvalue weighted by atomic mass is 10.1. The van der Waals surface area contributed by atoms with Crippen LogP contribution in [0, 0.1) is 0 Å². The lowest BCUT2D eigenvalue weighted by molar-refractivity contribution is -0.140. The van der Waals surface area contributed by atoms with E-state index in [1.807, 2.05) is 54.6 Å². The second-order valence-corrected chi connectivity index (χ2v) is 7.17. The van der Waals surface area contributed by atoms with E-state index in [4.69, 9.17) is 9.47 Å². The maximum atomic E-state index is 13.1. The Labute approximate surface area is 179 Å². The van der Waals surface area contributed by atoms with Crippen molar-refractivity contribution in [1.29, 1.82) is 0 Å². The molecule has 0 saturated heterocycles. The average molecular weight is 413 g/mol. The summed E-state index contributed by atoms with van der Waals surface area (Å²) in [7, 11) is 3.25. The summed E-state index contributed by atoms with van der Waals surface area (Å²) in [6.07, 6.45) is 1.72. The topological polar surface area (TPSA) is 67.9 Å². The first kappa shape index (κ1) is 23.4. The number of methoxy groups -OCH3 is 2. The van der Waals surface area contributed by atoms with Gasteiger partial charge in [-0.2, -0.15) is 0 Å². The number of nitrogens with zero attached hydrogens (tertiary/aromatic N) is 1. The minimum atomic E-state index is -0.571. The lowest BCUT2D eigenvalue weighted by Gasteiger charge is -2.29. The van der Waals surface area contributed by atoms with Crippen molar-refractivity contribution >= 4 is 11.8 Å². The Morgan fingerprint density at radius 2 is 1.70 bits per heavy atom. The van der Waals surface area contributed by atoms with Crippen molar-refractivity contribution in [2.75, 3.05) is 27.4 Å². The number of nitrogens with one attached hydrogen (secondary N) is 1. The maximum absolute atomic E-state index is 13.1. The summed E-state index contributed by atoms with van der Waals surface area (Å²) >= 11 is 0. The van der Waals surface area contributed by atoms with Gasteiger partial charge in [0, 0.05) is 33.2 Å². The molecule has 2 aromatic carbocycles. The van der Waals surface area contributed by atoms with Crippen molar-refractivity contribution in [2.45, 2.75) is 38.8 Å². The van der Waals surface area contributed by atoms with Crippen LogP contribution in [0.15, 0.2) is 54.6 Å². The van der Waals surface area contributed by atoms with Gasteiger partial charge in [0.2, 0.25) is 11.8 Å². The number of hydrogen-bond acceptors (Lipinski definition) is 4. The van der Waals surface area contributed by atoms with Gasteiger partial charge in [-0.1, -0.05) is 42.5 Å². The van der Waals surface area contributed by atoms with Gasteiger partial charge in [0.1, 0.15) is 11.8 Å². The predicted molar refractivity (Wildman–Crippen MR) is 117 cm³/mol. The zero-order valence-electron chi connectivity index (χ0n) is 18.1. The van der Waals surface area contributed by atoms with Gasteiger partial charge in [-0.05, 0) is 43.0 Å². The Morgan fingerprint density at radius 1 is 1.00 bits per heavy atom. The van der Waals surface area contributed by atoms with E-state index in [9.17, 15) is 9.59 Å². The number of ether oxygens (including phenoxy) is 2. The van der Waals surface area contributed by atoms with Crippen LogP contribution in [0.1, 0.15) is 30.9 Å². The zero-order chi connectivity index (χ0) is 21.8. The summed E-state index contributed by atoms with van der Waals surface area (Å²) in [6, 6.07) is 16.9.